The van der Waals surface area contributed by atoms with E-state index in [0.29, 0.717) is 25.0 Å². The van der Waals surface area contributed by atoms with E-state index in [2.05, 4.69) is 29.6 Å². The number of aryl methyl sites for hydroxylation is 3. The Bertz CT molecular complexity index is 1510. The van der Waals surface area contributed by atoms with Crippen molar-refractivity contribution < 1.29 is 23.9 Å². The predicted octanol–water partition coefficient (Wildman–Crippen LogP) is 3.18. The third kappa shape index (κ3) is 9.59. The molecule has 3 atom stereocenters. The second-order valence-corrected chi connectivity index (χ2v) is 12.0. The zero-order valence-electron chi connectivity index (χ0n) is 26.5. The third-order valence-electron chi connectivity index (χ3n) is 8.55. The van der Waals surface area contributed by atoms with Crippen LogP contribution in [0.5, 0.6) is 0 Å². The van der Waals surface area contributed by atoms with E-state index in [-0.39, 0.29) is 42.5 Å². The van der Waals surface area contributed by atoms with Gasteiger partial charge in [0, 0.05) is 39.1 Å². The third-order valence-corrected chi connectivity index (χ3v) is 8.55. The van der Waals surface area contributed by atoms with Gasteiger partial charge in [-0.3, -0.25) is 28.8 Å². The normalized spacial score (nSPS) is 16.6. The van der Waals surface area contributed by atoms with E-state index in [1.54, 1.807) is 11.6 Å². The van der Waals surface area contributed by atoms with Crippen LogP contribution in [-0.4, -0.2) is 52.2 Å². The van der Waals surface area contributed by atoms with Crippen LogP contribution in [0.2, 0.25) is 0 Å². The lowest BCUT2D eigenvalue weighted by atomic mass is 10.0. The van der Waals surface area contributed by atoms with Gasteiger partial charge < -0.3 is 20.9 Å². The molecule has 4 rings (SSSR count). The Morgan fingerprint density at radius 2 is 1.64 bits per heavy atom. The van der Waals surface area contributed by atoms with Crippen molar-refractivity contribution in [1.29, 1.82) is 0 Å². The maximum atomic E-state index is 13.0. The Morgan fingerprint density at radius 3 is 2.38 bits per heavy atom. The zero-order valence-corrected chi connectivity index (χ0v) is 26.5. The van der Waals surface area contributed by atoms with Crippen LogP contribution in [0.3, 0.4) is 0 Å². The van der Waals surface area contributed by atoms with Gasteiger partial charge in [-0.05, 0) is 80.7 Å². The minimum Gasteiger partial charge on any atom is -0.381 e. The smallest absolute Gasteiger partial charge is 0.329 e. The number of piperidine rings is 1. The lowest BCUT2D eigenvalue weighted by molar-refractivity contribution is -0.135. The van der Waals surface area contributed by atoms with Gasteiger partial charge in [-0.2, -0.15) is 0 Å². The van der Waals surface area contributed by atoms with E-state index < -0.39 is 11.9 Å². The standard InChI is InChI=1S/C34H47N5O6/c1-23(27(35)14-17-31(36)40)45-22-26-11-9-24(10-12-26)8-6-20-44-19-5-3-4-7-25-13-15-28-30(21-25)38(2)34(43)39(28)29-16-18-32(41)37-33(29)42/h9-13,15,21,23,27,29H,3-8,14,16-20,22,35H2,1-2H3,(H2,36,40)(H,37,41,42)/t23-,27+,29?/m1/s1. The molecule has 1 unspecified atom stereocenters. The number of hydrogen-bond acceptors (Lipinski definition) is 7. The number of unbranched alkanes of at least 4 members (excludes halogenated alkanes) is 2. The Kier molecular flexibility index (Phi) is 12.5. The Balaban J connectivity index is 1.10. The van der Waals surface area contributed by atoms with Crippen LogP contribution in [0.15, 0.2) is 47.3 Å². The summed E-state index contributed by atoms with van der Waals surface area (Å²) in [6.45, 7) is 3.85. The molecular weight excluding hydrogens is 574 g/mol. The molecule has 0 bridgehead atoms. The molecule has 3 amide bonds. The second-order valence-electron chi connectivity index (χ2n) is 12.0. The fourth-order valence-electron chi connectivity index (χ4n) is 5.68. The van der Waals surface area contributed by atoms with E-state index in [1.807, 2.05) is 25.1 Å². The molecule has 1 aliphatic heterocycles. The molecule has 244 valence electrons. The molecule has 2 aromatic carbocycles. The van der Waals surface area contributed by atoms with Crippen molar-refractivity contribution >= 4 is 28.8 Å². The zero-order chi connectivity index (χ0) is 32.3. The summed E-state index contributed by atoms with van der Waals surface area (Å²) in [5, 5.41) is 2.35. The summed E-state index contributed by atoms with van der Waals surface area (Å²) in [5.41, 5.74) is 16.0. The van der Waals surface area contributed by atoms with E-state index in [4.69, 9.17) is 20.9 Å². The van der Waals surface area contributed by atoms with Crippen LogP contribution >= 0.6 is 0 Å². The van der Waals surface area contributed by atoms with Gasteiger partial charge in [0.05, 0.1) is 23.7 Å². The second kappa shape index (κ2) is 16.5. The van der Waals surface area contributed by atoms with Crippen molar-refractivity contribution in [3.05, 3.63) is 69.6 Å². The minimum atomic E-state index is -0.669. The maximum Gasteiger partial charge on any atom is 0.329 e. The van der Waals surface area contributed by atoms with Crippen molar-refractivity contribution in [3.8, 4) is 0 Å². The summed E-state index contributed by atoms with van der Waals surface area (Å²) >= 11 is 0. The summed E-state index contributed by atoms with van der Waals surface area (Å²) in [6.07, 6.45) is 7.05. The van der Waals surface area contributed by atoms with E-state index in [1.165, 1.54) is 10.1 Å². The first kappa shape index (κ1) is 34.1. The number of imidazole rings is 1. The first-order chi connectivity index (χ1) is 21.6. The molecule has 0 radical (unpaired) electrons. The number of nitrogens with two attached hydrogens (primary N) is 2. The van der Waals surface area contributed by atoms with Crippen LogP contribution in [0.4, 0.5) is 0 Å². The number of amides is 3. The van der Waals surface area contributed by atoms with Gasteiger partial charge in [0.2, 0.25) is 17.7 Å². The van der Waals surface area contributed by atoms with Gasteiger partial charge >= 0.3 is 5.69 Å². The summed E-state index contributed by atoms with van der Waals surface area (Å²) in [7, 11) is 1.72. The molecule has 3 aromatic rings. The van der Waals surface area contributed by atoms with E-state index >= 15 is 0 Å². The monoisotopic (exact) mass is 621 g/mol. The number of primary amides is 1. The van der Waals surface area contributed by atoms with E-state index in [0.717, 1.165) is 68.4 Å². The van der Waals surface area contributed by atoms with Gasteiger partial charge in [-0.1, -0.05) is 36.8 Å². The van der Waals surface area contributed by atoms with Crippen molar-refractivity contribution in [2.45, 2.75) is 95.9 Å². The van der Waals surface area contributed by atoms with Gasteiger partial charge in [0.15, 0.2) is 0 Å². The molecule has 1 aliphatic rings. The number of ether oxygens (including phenoxy) is 2. The number of nitrogens with one attached hydrogen (secondary N) is 1. The fraction of sp³-hybridized carbons (Fsp3) is 0.529. The van der Waals surface area contributed by atoms with Crippen molar-refractivity contribution in [1.82, 2.24) is 14.5 Å². The number of carbonyl (C=O) groups excluding carboxylic acids is 3. The molecular formula is C34H47N5O6. The number of hydrogen-bond donors (Lipinski definition) is 3. The Hall–Kier alpha value is -3.80. The lowest BCUT2D eigenvalue weighted by Gasteiger charge is -2.21. The molecule has 11 heteroatoms. The topological polar surface area (TPSA) is 161 Å². The molecule has 5 N–H and O–H groups in total. The number of carbonyl (C=O) groups is 3. The van der Waals surface area contributed by atoms with E-state index in [9.17, 15) is 19.2 Å². The van der Waals surface area contributed by atoms with Crippen molar-refractivity contribution in [2.24, 2.45) is 18.5 Å². The van der Waals surface area contributed by atoms with Crippen molar-refractivity contribution in [2.75, 3.05) is 13.2 Å². The van der Waals surface area contributed by atoms with Gasteiger partial charge in [0.25, 0.3) is 0 Å². The maximum absolute atomic E-state index is 13.0. The first-order valence-corrected chi connectivity index (χ1v) is 16.0. The van der Waals surface area contributed by atoms with Gasteiger partial charge in [-0.15, -0.1) is 0 Å². The average Bonchev–Trinajstić information content (AvgIpc) is 3.27. The molecule has 1 aromatic heterocycles. The number of rotatable bonds is 18. The molecule has 0 spiro atoms. The molecule has 45 heavy (non-hydrogen) atoms. The SMILES string of the molecule is C[C@@H](OCc1ccc(CCCOCCCCCc2ccc3c(c2)n(C)c(=O)n3C2CCC(=O)NC2=O)cc1)[C@@H](N)CCC(N)=O. The van der Waals surface area contributed by atoms with Crippen LogP contribution in [0.1, 0.15) is 81.0 Å². The summed E-state index contributed by atoms with van der Waals surface area (Å²) < 4.78 is 14.8. The highest BCUT2D eigenvalue weighted by Gasteiger charge is 2.31. The number of aromatic nitrogens is 2. The highest BCUT2D eigenvalue weighted by atomic mass is 16.5. The first-order valence-electron chi connectivity index (χ1n) is 16.0. The Morgan fingerprint density at radius 1 is 0.956 bits per heavy atom. The predicted molar refractivity (Wildman–Crippen MR) is 172 cm³/mol. The summed E-state index contributed by atoms with van der Waals surface area (Å²) in [6, 6.07) is 13.5. The number of fused-ring (bicyclic) bond motifs is 1. The van der Waals surface area contributed by atoms with Crippen LogP contribution in [0, 0.1) is 0 Å². The highest BCUT2D eigenvalue weighted by Crippen LogP contribution is 2.24. The molecule has 2 heterocycles. The Labute approximate surface area is 264 Å². The molecule has 0 aliphatic carbocycles. The summed E-state index contributed by atoms with van der Waals surface area (Å²) in [4.78, 5) is 47.8. The van der Waals surface area contributed by atoms with Gasteiger partial charge in [0.1, 0.15) is 6.04 Å². The number of nitrogens with zero attached hydrogens (tertiary/aromatic N) is 2. The number of benzene rings is 2. The van der Waals surface area contributed by atoms with Crippen LogP contribution in [0.25, 0.3) is 11.0 Å². The lowest BCUT2D eigenvalue weighted by Crippen LogP contribution is -2.44. The quantitative estimate of drug-likeness (QED) is 0.145. The van der Waals surface area contributed by atoms with Gasteiger partial charge in [-0.25, -0.2) is 4.79 Å². The molecule has 0 saturated carbocycles. The highest BCUT2D eigenvalue weighted by molar-refractivity contribution is 6.00. The molecule has 11 nitrogen and oxygen atoms in total. The summed E-state index contributed by atoms with van der Waals surface area (Å²) in [5.74, 6) is -1.06. The van der Waals surface area contributed by atoms with Crippen LogP contribution < -0.4 is 22.5 Å². The average molecular weight is 622 g/mol. The minimum absolute atomic E-state index is 0.158. The fourth-order valence-corrected chi connectivity index (χ4v) is 5.68. The molecule has 1 fully saturated rings. The molecule has 1 saturated heterocycles. The van der Waals surface area contributed by atoms with Crippen LogP contribution in [-0.2, 0) is 50.4 Å². The largest absolute Gasteiger partial charge is 0.381 e. The number of imide groups is 1. The van der Waals surface area contributed by atoms with Crippen molar-refractivity contribution in [3.63, 3.8) is 0 Å².